The minimum absolute atomic E-state index is 0.137. The fraction of sp³-hybridized carbons (Fsp3) is 0.367. The molecule has 1 saturated heterocycles. The third-order valence-electron chi connectivity index (χ3n) is 7.46. The van der Waals surface area contributed by atoms with Crippen LogP contribution in [-0.4, -0.2) is 46.1 Å². The maximum Gasteiger partial charge on any atom is 0.254 e. The smallest absolute Gasteiger partial charge is 0.254 e. The summed E-state index contributed by atoms with van der Waals surface area (Å²) < 4.78 is 7.87. The number of hydrogen-bond donors (Lipinski definition) is 2. The number of benzene rings is 2. The summed E-state index contributed by atoms with van der Waals surface area (Å²) >= 11 is 0. The number of aromatic nitrogens is 2. The highest BCUT2D eigenvalue weighted by molar-refractivity contribution is 6.03. The lowest BCUT2D eigenvalue weighted by Crippen LogP contribution is -2.41. The molecule has 3 N–H and O–H groups in total. The summed E-state index contributed by atoms with van der Waals surface area (Å²) in [7, 11) is 0. The van der Waals surface area contributed by atoms with E-state index in [0.717, 1.165) is 56.6 Å². The predicted molar refractivity (Wildman–Crippen MR) is 147 cm³/mol. The van der Waals surface area contributed by atoms with Gasteiger partial charge in [-0.15, -0.1) is 12.3 Å². The molecular formula is C30H33N5O3. The Morgan fingerprint density at radius 1 is 1.05 bits per heavy atom. The van der Waals surface area contributed by atoms with Crippen LogP contribution in [0.5, 0.6) is 11.5 Å². The lowest BCUT2D eigenvalue weighted by Gasteiger charge is -2.38. The molecule has 3 aromatic rings. The van der Waals surface area contributed by atoms with Crippen LogP contribution >= 0.6 is 0 Å². The van der Waals surface area contributed by atoms with Gasteiger partial charge in [-0.2, -0.15) is 5.10 Å². The zero-order chi connectivity index (χ0) is 26.5. The number of unbranched alkanes of at least 4 members (excludes halogenated alkanes) is 1. The molecule has 2 amide bonds. The summed E-state index contributed by atoms with van der Waals surface area (Å²) in [6, 6.07) is 17.3. The van der Waals surface area contributed by atoms with Gasteiger partial charge in [0.2, 0.25) is 5.91 Å². The normalized spacial score (nSPS) is 17.2. The lowest BCUT2D eigenvalue weighted by molar-refractivity contribution is -0.132. The van der Waals surface area contributed by atoms with Crippen molar-refractivity contribution in [2.24, 2.45) is 11.7 Å². The molecule has 1 aromatic heterocycles. The number of primary amides is 1. The summed E-state index contributed by atoms with van der Waals surface area (Å²) in [4.78, 5) is 27.1. The third-order valence-corrected chi connectivity index (χ3v) is 7.46. The number of carbonyl (C=O) groups excluding carboxylic acids is 2. The number of nitrogens with zero attached hydrogens (tertiary/aromatic N) is 3. The van der Waals surface area contributed by atoms with E-state index in [-0.39, 0.29) is 11.9 Å². The molecule has 0 unspecified atom stereocenters. The molecule has 8 heteroatoms. The molecule has 0 radical (unpaired) electrons. The van der Waals surface area contributed by atoms with Crippen LogP contribution in [0.3, 0.4) is 0 Å². The first-order chi connectivity index (χ1) is 18.5. The van der Waals surface area contributed by atoms with Crippen molar-refractivity contribution in [2.75, 3.05) is 25.0 Å². The van der Waals surface area contributed by atoms with Gasteiger partial charge in [-0.1, -0.05) is 18.2 Å². The van der Waals surface area contributed by atoms with Gasteiger partial charge in [-0.25, -0.2) is 4.68 Å². The number of piperidine rings is 1. The standard InChI is InChI=1S/C30H33N5O3/c1-2-3-5-10-26(36)34-19-16-21(17-20-34)25-15-18-32-30-27(29(31)37)28(33-35(25)30)22-11-13-24(14-12-22)38-23-8-6-4-7-9-23/h1,4,6-9,11-14,21,25,32H,3,5,10,15-20H2,(H2,31,37)/t25-/m0/s1. The van der Waals surface area contributed by atoms with Crippen molar-refractivity contribution in [1.82, 2.24) is 14.7 Å². The average molecular weight is 512 g/mol. The maximum absolute atomic E-state index is 12.6. The van der Waals surface area contributed by atoms with Gasteiger partial charge in [0.05, 0.1) is 6.04 Å². The van der Waals surface area contributed by atoms with Crippen molar-refractivity contribution in [3.05, 3.63) is 60.2 Å². The van der Waals surface area contributed by atoms with Crippen molar-refractivity contribution >= 4 is 17.6 Å². The van der Waals surface area contributed by atoms with E-state index in [1.807, 2.05) is 64.2 Å². The second-order valence-electron chi connectivity index (χ2n) is 9.88. The first-order valence-electron chi connectivity index (χ1n) is 13.3. The Bertz CT molecular complexity index is 1320. The molecule has 0 aliphatic carbocycles. The van der Waals surface area contributed by atoms with Crippen LogP contribution in [0.4, 0.5) is 5.82 Å². The minimum atomic E-state index is -0.508. The molecule has 196 valence electrons. The molecule has 5 rings (SSSR count). The number of hydrogen-bond acceptors (Lipinski definition) is 5. The number of likely N-dealkylation sites (tertiary alicyclic amines) is 1. The number of carbonyl (C=O) groups is 2. The van der Waals surface area contributed by atoms with E-state index < -0.39 is 5.91 Å². The van der Waals surface area contributed by atoms with E-state index in [1.165, 1.54) is 0 Å². The molecule has 0 spiro atoms. The van der Waals surface area contributed by atoms with Crippen LogP contribution in [0.1, 0.15) is 54.9 Å². The van der Waals surface area contributed by atoms with Crippen molar-refractivity contribution in [2.45, 2.75) is 44.6 Å². The van der Waals surface area contributed by atoms with Gasteiger partial charge in [0.25, 0.3) is 5.91 Å². The summed E-state index contributed by atoms with van der Waals surface area (Å²) in [5, 5.41) is 8.30. The van der Waals surface area contributed by atoms with Gasteiger partial charge >= 0.3 is 0 Å². The van der Waals surface area contributed by atoms with Crippen LogP contribution in [0.2, 0.25) is 0 Å². The largest absolute Gasteiger partial charge is 0.457 e. The Morgan fingerprint density at radius 3 is 2.45 bits per heavy atom. The Balaban J connectivity index is 1.34. The second-order valence-corrected chi connectivity index (χ2v) is 9.88. The average Bonchev–Trinajstić information content (AvgIpc) is 3.34. The summed E-state index contributed by atoms with van der Waals surface area (Å²) in [6.07, 6.45) is 9.89. The SMILES string of the molecule is C#CCCCC(=O)N1CCC([C@@H]2CCNc3c(C(N)=O)c(-c4ccc(Oc5ccccc5)cc4)nn32)CC1. The lowest BCUT2D eigenvalue weighted by atomic mass is 9.86. The molecule has 2 aromatic carbocycles. The number of nitrogens with two attached hydrogens (primary N) is 1. The summed E-state index contributed by atoms with van der Waals surface area (Å²) in [5.74, 6) is 4.76. The number of fused-ring (bicyclic) bond motifs is 1. The fourth-order valence-electron chi connectivity index (χ4n) is 5.51. The van der Waals surface area contributed by atoms with E-state index >= 15 is 0 Å². The van der Waals surface area contributed by atoms with Crippen LogP contribution in [-0.2, 0) is 4.79 Å². The molecule has 2 aliphatic rings. The van der Waals surface area contributed by atoms with Gasteiger partial charge in [-0.3, -0.25) is 9.59 Å². The first-order valence-corrected chi connectivity index (χ1v) is 13.3. The van der Waals surface area contributed by atoms with Gasteiger partial charge in [0, 0.05) is 38.0 Å². The number of amides is 2. The predicted octanol–water partition coefficient (Wildman–Crippen LogP) is 4.84. The van der Waals surface area contributed by atoms with E-state index in [2.05, 4.69) is 11.2 Å². The molecule has 38 heavy (non-hydrogen) atoms. The molecule has 8 nitrogen and oxygen atoms in total. The van der Waals surface area contributed by atoms with Crippen LogP contribution in [0.25, 0.3) is 11.3 Å². The number of nitrogens with one attached hydrogen (secondary N) is 1. The second kappa shape index (κ2) is 11.4. The topological polar surface area (TPSA) is 102 Å². The Labute approximate surface area is 223 Å². The number of terminal acetylenes is 1. The fourth-order valence-corrected chi connectivity index (χ4v) is 5.51. The van der Waals surface area contributed by atoms with Gasteiger partial charge in [-0.05, 0) is 68.0 Å². The Morgan fingerprint density at radius 2 is 1.76 bits per heavy atom. The van der Waals surface area contributed by atoms with Gasteiger partial charge < -0.3 is 20.7 Å². The van der Waals surface area contributed by atoms with Crippen LogP contribution < -0.4 is 15.8 Å². The van der Waals surface area contributed by atoms with Crippen LogP contribution in [0.15, 0.2) is 54.6 Å². The molecule has 3 heterocycles. The number of ether oxygens (including phenoxy) is 1. The van der Waals surface area contributed by atoms with Gasteiger partial charge in [0.15, 0.2) is 0 Å². The molecule has 2 aliphatic heterocycles. The van der Waals surface area contributed by atoms with E-state index in [0.29, 0.717) is 41.6 Å². The van der Waals surface area contributed by atoms with E-state index in [9.17, 15) is 9.59 Å². The molecule has 0 bridgehead atoms. The molecule has 0 saturated carbocycles. The number of rotatable bonds is 8. The third kappa shape index (κ3) is 5.37. The zero-order valence-electron chi connectivity index (χ0n) is 21.4. The zero-order valence-corrected chi connectivity index (χ0v) is 21.4. The van der Waals surface area contributed by atoms with Crippen LogP contribution in [0, 0.1) is 18.3 Å². The summed E-state index contributed by atoms with van der Waals surface area (Å²) in [5.41, 5.74) is 7.64. The number of anilines is 1. The minimum Gasteiger partial charge on any atom is -0.457 e. The molecule has 1 fully saturated rings. The Hall–Kier alpha value is -4.25. The molecular weight excluding hydrogens is 478 g/mol. The van der Waals surface area contributed by atoms with Gasteiger partial charge in [0.1, 0.15) is 28.6 Å². The quantitative estimate of drug-likeness (QED) is 0.333. The van der Waals surface area contributed by atoms with Crippen molar-refractivity contribution in [3.63, 3.8) is 0 Å². The maximum atomic E-state index is 12.6. The molecule has 1 atom stereocenters. The highest BCUT2D eigenvalue weighted by atomic mass is 16.5. The van der Waals surface area contributed by atoms with Crippen molar-refractivity contribution < 1.29 is 14.3 Å². The highest BCUT2D eigenvalue weighted by Gasteiger charge is 2.35. The van der Waals surface area contributed by atoms with Crippen molar-refractivity contribution in [1.29, 1.82) is 0 Å². The van der Waals surface area contributed by atoms with E-state index in [1.54, 1.807) is 0 Å². The number of para-hydroxylation sites is 1. The monoisotopic (exact) mass is 511 g/mol. The van der Waals surface area contributed by atoms with E-state index in [4.69, 9.17) is 22.0 Å². The summed E-state index contributed by atoms with van der Waals surface area (Å²) in [6.45, 7) is 2.21. The highest BCUT2D eigenvalue weighted by Crippen LogP contribution is 2.40. The van der Waals surface area contributed by atoms with Crippen molar-refractivity contribution in [3.8, 4) is 35.1 Å². The Kier molecular flexibility index (Phi) is 7.64. The first kappa shape index (κ1) is 25.4.